The third-order valence-electron chi connectivity index (χ3n) is 4.10. The molecule has 0 aromatic heterocycles. The monoisotopic (exact) mass is 369 g/mol. The minimum Gasteiger partial charge on any atom is -0.383 e. The predicted octanol–water partition coefficient (Wildman–Crippen LogP) is 1.59. The lowest BCUT2D eigenvalue weighted by Crippen LogP contribution is -2.35. The Bertz CT molecular complexity index is 531. The molecule has 0 radical (unpaired) electrons. The van der Waals surface area contributed by atoms with E-state index < -0.39 is 0 Å². The number of amides is 2. The number of nitrogens with one attached hydrogen (secondary N) is 2. The van der Waals surface area contributed by atoms with Gasteiger partial charge in [0.1, 0.15) is 0 Å². The molecule has 0 saturated carbocycles. The highest BCUT2D eigenvalue weighted by Gasteiger charge is 2.17. The highest BCUT2D eigenvalue weighted by Crippen LogP contribution is 2.13. The molecule has 0 aliphatic carbocycles. The Labute approximate surface area is 155 Å². The molecule has 1 saturated heterocycles. The fraction of sp³-hybridized carbons (Fsp3) is 0.556. The fourth-order valence-electron chi connectivity index (χ4n) is 2.68. The number of likely N-dealkylation sites (tertiary alicyclic amines) is 1. The zero-order valence-electron chi connectivity index (χ0n) is 14.8. The molecule has 0 bridgehead atoms. The van der Waals surface area contributed by atoms with Crippen LogP contribution in [0.25, 0.3) is 0 Å². The number of ether oxygens (including phenoxy) is 1. The van der Waals surface area contributed by atoms with Crippen molar-refractivity contribution in [1.29, 1.82) is 0 Å². The normalized spacial score (nSPS) is 13.9. The van der Waals surface area contributed by atoms with Crippen LogP contribution in [0.5, 0.6) is 0 Å². The quantitative estimate of drug-likeness (QED) is 0.683. The number of methoxy groups -OCH3 is 1. The lowest BCUT2D eigenvalue weighted by molar-refractivity contribution is -0.120. The standard InChI is InChI=1S/C18H27N3O3.ClH/c1-24-12-9-19-14-17(22)20-13-15-5-7-16(8-6-15)18(23)21-10-3-2-4-11-21;/h5-8,19H,2-4,9-14H2,1H3,(H,20,22);1H. The molecule has 25 heavy (non-hydrogen) atoms. The molecule has 1 aliphatic rings. The fourth-order valence-corrected chi connectivity index (χ4v) is 2.68. The molecular formula is C18H28ClN3O3. The zero-order valence-corrected chi connectivity index (χ0v) is 15.6. The summed E-state index contributed by atoms with van der Waals surface area (Å²) in [7, 11) is 1.63. The van der Waals surface area contributed by atoms with Gasteiger partial charge in [0.15, 0.2) is 0 Å². The number of piperidine rings is 1. The molecule has 1 heterocycles. The summed E-state index contributed by atoms with van der Waals surface area (Å²) in [5, 5.41) is 5.85. The Hall–Kier alpha value is -1.63. The van der Waals surface area contributed by atoms with Crippen molar-refractivity contribution < 1.29 is 14.3 Å². The predicted molar refractivity (Wildman–Crippen MR) is 100 cm³/mol. The van der Waals surface area contributed by atoms with Gasteiger partial charge in [-0.15, -0.1) is 12.4 Å². The maximum atomic E-state index is 12.4. The Morgan fingerprint density at radius 2 is 1.80 bits per heavy atom. The van der Waals surface area contributed by atoms with Crippen molar-refractivity contribution in [1.82, 2.24) is 15.5 Å². The molecule has 1 aromatic carbocycles. The molecule has 1 fully saturated rings. The lowest BCUT2D eigenvalue weighted by Gasteiger charge is -2.26. The summed E-state index contributed by atoms with van der Waals surface area (Å²) in [5.41, 5.74) is 1.70. The van der Waals surface area contributed by atoms with Crippen LogP contribution in [-0.2, 0) is 16.1 Å². The Kier molecular flexibility index (Phi) is 10.1. The molecule has 2 amide bonds. The van der Waals surface area contributed by atoms with E-state index in [2.05, 4.69) is 10.6 Å². The van der Waals surface area contributed by atoms with E-state index in [9.17, 15) is 9.59 Å². The van der Waals surface area contributed by atoms with Gasteiger partial charge in [-0.25, -0.2) is 0 Å². The van der Waals surface area contributed by atoms with E-state index >= 15 is 0 Å². The van der Waals surface area contributed by atoms with E-state index in [0.717, 1.165) is 31.5 Å². The van der Waals surface area contributed by atoms with Crippen LogP contribution in [0.1, 0.15) is 35.2 Å². The van der Waals surface area contributed by atoms with Crippen LogP contribution in [0.4, 0.5) is 0 Å². The molecule has 0 spiro atoms. The van der Waals surface area contributed by atoms with Gasteiger partial charge >= 0.3 is 0 Å². The van der Waals surface area contributed by atoms with Crippen molar-refractivity contribution in [2.24, 2.45) is 0 Å². The van der Waals surface area contributed by atoms with E-state index in [4.69, 9.17) is 4.74 Å². The second-order valence-electron chi connectivity index (χ2n) is 6.00. The molecule has 7 heteroatoms. The summed E-state index contributed by atoms with van der Waals surface area (Å²) in [5.74, 6) is 0.0483. The molecule has 2 rings (SSSR count). The molecule has 0 atom stereocenters. The van der Waals surface area contributed by atoms with E-state index in [1.165, 1.54) is 6.42 Å². The van der Waals surface area contributed by atoms with Crippen LogP contribution in [0.15, 0.2) is 24.3 Å². The molecule has 2 N–H and O–H groups in total. The number of carbonyl (C=O) groups excluding carboxylic acids is 2. The van der Waals surface area contributed by atoms with Gasteiger partial charge in [-0.3, -0.25) is 9.59 Å². The lowest BCUT2D eigenvalue weighted by atomic mass is 10.1. The van der Waals surface area contributed by atoms with E-state index in [1.807, 2.05) is 29.2 Å². The maximum absolute atomic E-state index is 12.4. The van der Waals surface area contributed by atoms with E-state index in [0.29, 0.717) is 25.3 Å². The van der Waals surface area contributed by atoms with Gasteiger partial charge < -0.3 is 20.3 Å². The highest BCUT2D eigenvalue weighted by molar-refractivity contribution is 5.94. The molecule has 1 aromatic rings. The summed E-state index contributed by atoms with van der Waals surface area (Å²) in [4.78, 5) is 26.0. The smallest absolute Gasteiger partial charge is 0.253 e. The Morgan fingerprint density at radius 3 is 2.44 bits per heavy atom. The first-order chi connectivity index (χ1) is 11.7. The number of nitrogens with zero attached hydrogens (tertiary/aromatic N) is 1. The van der Waals surface area contributed by atoms with Gasteiger partial charge in [-0.05, 0) is 37.0 Å². The third kappa shape index (κ3) is 7.42. The van der Waals surface area contributed by atoms with Gasteiger partial charge in [0.2, 0.25) is 5.91 Å². The minimum atomic E-state index is -0.0560. The first-order valence-corrected chi connectivity index (χ1v) is 8.55. The number of hydrogen-bond acceptors (Lipinski definition) is 4. The molecular weight excluding hydrogens is 342 g/mol. The summed E-state index contributed by atoms with van der Waals surface area (Å²) in [6.45, 7) is 3.67. The number of carbonyl (C=O) groups is 2. The average Bonchev–Trinajstić information content (AvgIpc) is 2.64. The number of hydrogen-bond donors (Lipinski definition) is 2. The SMILES string of the molecule is COCCNCC(=O)NCc1ccc(C(=O)N2CCCCC2)cc1.Cl. The van der Waals surface area contributed by atoms with E-state index in [-0.39, 0.29) is 30.8 Å². The molecule has 140 valence electrons. The number of halogens is 1. The second kappa shape index (κ2) is 11.8. The molecule has 0 unspecified atom stereocenters. The minimum absolute atomic E-state index is 0. The number of rotatable bonds is 8. The number of benzene rings is 1. The summed E-state index contributed by atoms with van der Waals surface area (Å²) in [6, 6.07) is 7.48. The molecule has 1 aliphatic heterocycles. The van der Waals surface area contributed by atoms with Crippen LogP contribution in [0.3, 0.4) is 0 Å². The van der Waals surface area contributed by atoms with Crippen molar-refractivity contribution in [2.75, 3.05) is 39.9 Å². The zero-order chi connectivity index (χ0) is 17.2. The van der Waals surface area contributed by atoms with Gasteiger partial charge in [-0.1, -0.05) is 12.1 Å². The Morgan fingerprint density at radius 1 is 1.12 bits per heavy atom. The van der Waals surface area contributed by atoms with Crippen molar-refractivity contribution >= 4 is 24.2 Å². The van der Waals surface area contributed by atoms with Crippen LogP contribution >= 0.6 is 12.4 Å². The first kappa shape index (κ1) is 21.4. The van der Waals surface area contributed by atoms with Crippen molar-refractivity contribution in [2.45, 2.75) is 25.8 Å². The van der Waals surface area contributed by atoms with Crippen LogP contribution in [-0.4, -0.2) is 56.6 Å². The van der Waals surface area contributed by atoms with Gasteiger partial charge in [0.05, 0.1) is 13.2 Å². The largest absolute Gasteiger partial charge is 0.383 e. The van der Waals surface area contributed by atoms with Crippen LogP contribution in [0.2, 0.25) is 0 Å². The first-order valence-electron chi connectivity index (χ1n) is 8.55. The van der Waals surface area contributed by atoms with Crippen LogP contribution in [0, 0.1) is 0 Å². The second-order valence-corrected chi connectivity index (χ2v) is 6.00. The Balaban J connectivity index is 0.00000312. The maximum Gasteiger partial charge on any atom is 0.253 e. The van der Waals surface area contributed by atoms with Gasteiger partial charge in [0, 0.05) is 38.9 Å². The summed E-state index contributed by atoms with van der Waals surface area (Å²) >= 11 is 0. The van der Waals surface area contributed by atoms with Gasteiger partial charge in [0.25, 0.3) is 5.91 Å². The van der Waals surface area contributed by atoms with E-state index in [1.54, 1.807) is 7.11 Å². The topological polar surface area (TPSA) is 70.7 Å². The van der Waals surface area contributed by atoms with Crippen LogP contribution < -0.4 is 10.6 Å². The van der Waals surface area contributed by atoms with Crippen molar-refractivity contribution in [3.63, 3.8) is 0 Å². The summed E-state index contributed by atoms with van der Waals surface area (Å²) < 4.78 is 4.90. The third-order valence-corrected chi connectivity index (χ3v) is 4.10. The van der Waals surface area contributed by atoms with Crippen molar-refractivity contribution in [3.8, 4) is 0 Å². The average molecular weight is 370 g/mol. The van der Waals surface area contributed by atoms with Crippen molar-refractivity contribution in [3.05, 3.63) is 35.4 Å². The molecule has 6 nitrogen and oxygen atoms in total. The van der Waals surface area contributed by atoms with Gasteiger partial charge in [-0.2, -0.15) is 0 Å². The highest BCUT2D eigenvalue weighted by atomic mass is 35.5. The summed E-state index contributed by atoms with van der Waals surface area (Å²) in [6.07, 6.45) is 3.39.